The molecule has 0 amide bonds. The van der Waals surface area contributed by atoms with Crippen molar-refractivity contribution in [2.24, 2.45) is 0 Å². The van der Waals surface area contributed by atoms with Gasteiger partial charge in [0.1, 0.15) is 0 Å². The van der Waals surface area contributed by atoms with E-state index in [1.165, 1.54) is 5.56 Å². The summed E-state index contributed by atoms with van der Waals surface area (Å²) in [5, 5.41) is 1.40. The molecule has 0 spiro atoms. The quantitative estimate of drug-likeness (QED) is 0.300. The largest absolute Gasteiger partial charge is 0.283 e. The van der Waals surface area contributed by atoms with Crippen LogP contribution >= 0.6 is 23.2 Å². The summed E-state index contributed by atoms with van der Waals surface area (Å²) in [6.07, 6.45) is 2.02. The Morgan fingerprint density at radius 1 is 0.633 bits per heavy atom. The van der Waals surface area contributed by atoms with Gasteiger partial charge in [0, 0.05) is 27.4 Å². The third-order valence-electron chi connectivity index (χ3n) is 5.07. The van der Waals surface area contributed by atoms with E-state index < -0.39 is 0 Å². The Labute approximate surface area is 184 Å². The van der Waals surface area contributed by atoms with Crippen LogP contribution in [0.15, 0.2) is 85.1 Å². The lowest BCUT2D eigenvalue weighted by Crippen LogP contribution is -1.96. The number of hydrogen-bond donors (Lipinski definition) is 0. The molecule has 0 aliphatic heterocycles. The van der Waals surface area contributed by atoms with E-state index in [2.05, 4.69) is 37.3 Å². The summed E-state index contributed by atoms with van der Waals surface area (Å²) in [4.78, 5) is 9.63. The highest BCUT2D eigenvalue weighted by Crippen LogP contribution is 2.30. The van der Waals surface area contributed by atoms with Crippen molar-refractivity contribution in [3.8, 4) is 33.8 Å². The Bertz CT molecular complexity index is 1340. The summed E-state index contributed by atoms with van der Waals surface area (Å²) in [5.74, 6) is 0.642. The summed E-state index contributed by atoms with van der Waals surface area (Å²) in [6, 6.07) is 25.9. The van der Waals surface area contributed by atoms with Crippen LogP contribution in [-0.2, 0) is 0 Å². The number of halogens is 2. The predicted molar refractivity (Wildman–Crippen MR) is 124 cm³/mol. The normalized spacial score (nSPS) is 11.2. The van der Waals surface area contributed by atoms with Gasteiger partial charge >= 0.3 is 0 Å². The third-order valence-corrected chi connectivity index (χ3v) is 5.57. The maximum atomic E-state index is 6.07. The van der Waals surface area contributed by atoms with Crippen molar-refractivity contribution in [1.82, 2.24) is 14.4 Å². The zero-order chi connectivity index (χ0) is 20.7. The number of nitrogens with zero attached hydrogens (tertiary/aromatic N) is 3. The fourth-order valence-corrected chi connectivity index (χ4v) is 3.69. The van der Waals surface area contributed by atoms with E-state index >= 15 is 0 Å². The van der Waals surface area contributed by atoms with E-state index in [1.807, 2.05) is 59.1 Å². The molecule has 0 radical (unpaired) electrons. The third kappa shape index (κ3) is 3.58. The van der Waals surface area contributed by atoms with E-state index in [0.717, 1.165) is 33.8 Å². The molecule has 5 aromatic rings. The molecule has 0 aliphatic carbocycles. The van der Waals surface area contributed by atoms with Crippen LogP contribution in [0.5, 0.6) is 0 Å². The number of hydrogen-bond acceptors (Lipinski definition) is 2. The van der Waals surface area contributed by atoms with Gasteiger partial charge in [0.25, 0.3) is 0 Å². The van der Waals surface area contributed by atoms with E-state index in [-0.39, 0.29) is 0 Å². The molecule has 3 nitrogen and oxygen atoms in total. The van der Waals surface area contributed by atoms with Crippen LogP contribution in [0.4, 0.5) is 0 Å². The molecule has 0 bridgehead atoms. The molecule has 0 saturated heterocycles. The Morgan fingerprint density at radius 2 is 1.13 bits per heavy atom. The van der Waals surface area contributed by atoms with E-state index in [9.17, 15) is 0 Å². The number of fused-ring (bicyclic) bond motifs is 1. The van der Waals surface area contributed by atoms with E-state index in [4.69, 9.17) is 33.2 Å². The molecule has 30 heavy (non-hydrogen) atoms. The second-order valence-corrected chi connectivity index (χ2v) is 8.08. The van der Waals surface area contributed by atoms with Crippen molar-refractivity contribution in [2.75, 3.05) is 0 Å². The minimum absolute atomic E-state index is 0.642. The molecule has 0 fully saturated rings. The molecule has 0 unspecified atom stereocenters. The number of rotatable bonds is 3. The van der Waals surface area contributed by atoms with Gasteiger partial charge in [-0.1, -0.05) is 77.3 Å². The SMILES string of the molecule is Cc1ccc(-c2cc(-c3ccc(Cl)cc3)nc3nc(-c4ccc(Cl)cc4)cn23)cc1. The summed E-state index contributed by atoms with van der Waals surface area (Å²) in [6.45, 7) is 2.08. The molecule has 3 aromatic carbocycles. The minimum atomic E-state index is 0.642. The van der Waals surface area contributed by atoms with Crippen LogP contribution in [0.3, 0.4) is 0 Å². The second-order valence-electron chi connectivity index (χ2n) is 7.20. The molecule has 5 heteroatoms. The van der Waals surface area contributed by atoms with E-state index in [1.54, 1.807) is 0 Å². The Hall–Kier alpha value is -3.14. The average molecular weight is 430 g/mol. The Kier molecular flexibility index (Phi) is 4.78. The van der Waals surface area contributed by atoms with Gasteiger partial charge in [-0.15, -0.1) is 0 Å². The first-order valence-electron chi connectivity index (χ1n) is 9.56. The number of imidazole rings is 1. The summed E-state index contributed by atoms with van der Waals surface area (Å²) in [7, 11) is 0. The van der Waals surface area contributed by atoms with Crippen LogP contribution in [0.1, 0.15) is 5.56 Å². The van der Waals surface area contributed by atoms with Crippen molar-refractivity contribution in [2.45, 2.75) is 6.92 Å². The van der Waals surface area contributed by atoms with Crippen LogP contribution in [0.25, 0.3) is 39.5 Å². The smallest absolute Gasteiger partial charge is 0.235 e. The second kappa shape index (κ2) is 7.60. The molecule has 0 atom stereocenters. The number of aromatic nitrogens is 3. The van der Waals surface area contributed by atoms with Gasteiger partial charge in [-0.3, -0.25) is 4.40 Å². The van der Waals surface area contributed by atoms with Crippen LogP contribution in [0.2, 0.25) is 10.0 Å². The maximum Gasteiger partial charge on any atom is 0.235 e. The molecular weight excluding hydrogens is 413 g/mol. The van der Waals surface area contributed by atoms with Gasteiger partial charge in [0.05, 0.1) is 17.1 Å². The van der Waals surface area contributed by atoms with Crippen LogP contribution in [-0.4, -0.2) is 14.4 Å². The van der Waals surface area contributed by atoms with Crippen molar-refractivity contribution in [3.63, 3.8) is 0 Å². The van der Waals surface area contributed by atoms with Crippen molar-refractivity contribution < 1.29 is 0 Å². The fraction of sp³-hybridized carbons (Fsp3) is 0.0400. The van der Waals surface area contributed by atoms with Crippen molar-refractivity contribution >= 4 is 29.0 Å². The number of aryl methyl sites for hydroxylation is 1. The van der Waals surface area contributed by atoms with Crippen molar-refractivity contribution in [3.05, 3.63) is 101 Å². The summed E-state index contributed by atoms with van der Waals surface area (Å²) < 4.78 is 2.04. The summed E-state index contributed by atoms with van der Waals surface area (Å²) >= 11 is 12.1. The zero-order valence-electron chi connectivity index (χ0n) is 16.2. The highest BCUT2D eigenvalue weighted by molar-refractivity contribution is 6.30. The van der Waals surface area contributed by atoms with Crippen LogP contribution in [0, 0.1) is 6.92 Å². The standard InChI is InChI=1S/C25H17Cl2N3/c1-16-2-4-19(5-3-16)24-14-22(17-6-10-20(26)11-7-17)28-25-29-23(15-30(24)25)18-8-12-21(27)13-9-18/h2-15H,1H3. The highest BCUT2D eigenvalue weighted by Gasteiger charge is 2.13. The number of benzene rings is 3. The van der Waals surface area contributed by atoms with Gasteiger partial charge < -0.3 is 0 Å². The zero-order valence-corrected chi connectivity index (χ0v) is 17.7. The maximum absolute atomic E-state index is 6.07. The van der Waals surface area contributed by atoms with Gasteiger partial charge in [0.15, 0.2) is 0 Å². The summed E-state index contributed by atoms with van der Waals surface area (Å²) in [5.41, 5.74) is 7.03. The lowest BCUT2D eigenvalue weighted by atomic mass is 10.1. The lowest BCUT2D eigenvalue weighted by Gasteiger charge is -2.09. The first-order chi connectivity index (χ1) is 14.6. The molecule has 0 saturated carbocycles. The van der Waals surface area contributed by atoms with Gasteiger partial charge in [0.2, 0.25) is 5.78 Å². The monoisotopic (exact) mass is 429 g/mol. The minimum Gasteiger partial charge on any atom is -0.283 e. The molecule has 2 aromatic heterocycles. The van der Waals surface area contributed by atoms with Crippen molar-refractivity contribution in [1.29, 1.82) is 0 Å². The molecule has 0 N–H and O–H groups in total. The first-order valence-corrected chi connectivity index (χ1v) is 10.3. The van der Waals surface area contributed by atoms with Gasteiger partial charge in [-0.05, 0) is 42.8 Å². The van der Waals surface area contributed by atoms with Gasteiger partial charge in [-0.25, -0.2) is 9.97 Å². The molecule has 146 valence electrons. The lowest BCUT2D eigenvalue weighted by molar-refractivity contribution is 1.12. The highest BCUT2D eigenvalue weighted by atomic mass is 35.5. The fourth-order valence-electron chi connectivity index (χ4n) is 3.44. The first kappa shape index (κ1) is 18.9. The van der Waals surface area contributed by atoms with E-state index in [0.29, 0.717) is 15.8 Å². The Balaban J connectivity index is 1.74. The predicted octanol–water partition coefficient (Wildman–Crippen LogP) is 7.35. The van der Waals surface area contributed by atoms with Gasteiger partial charge in [-0.2, -0.15) is 0 Å². The molecule has 5 rings (SSSR count). The topological polar surface area (TPSA) is 30.2 Å². The average Bonchev–Trinajstić information content (AvgIpc) is 3.19. The Morgan fingerprint density at radius 3 is 1.73 bits per heavy atom. The molecular formula is C25H17Cl2N3. The molecule has 0 aliphatic rings. The molecule has 2 heterocycles. The van der Waals surface area contributed by atoms with Crippen LogP contribution < -0.4 is 0 Å².